The number of furan rings is 1. The number of rotatable bonds is 5. The number of aromatic nitrogens is 1. The number of benzene rings is 4. The molecule has 0 spiro atoms. The first-order valence-electron chi connectivity index (χ1n) is 12.7. The third-order valence-electron chi connectivity index (χ3n) is 7.41. The predicted octanol–water partition coefficient (Wildman–Crippen LogP) is 9.74. The zero-order chi connectivity index (χ0) is 24.6. The molecule has 2 nitrogen and oxygen atoms in total. The molecule has 6 rings (SSSR count). The Labute approximate surface area is 212 Å². The molecule has 0 fully saturated rings. The fourth-order valence-electron chi connectivity index (χ4n) is 4.93. The van der Waals surface area contributed by atoms with Crippen LogP contribution in [0.3, 0.4) is 0 Å². The molecule has 0 saturated carbocycles. The number of pyridine rings is 1. The highest BCUT2D eigenvalue weighted by Crippen LogP contribution is 2.38. The summed E-state index contributed by atoms with van der Waals surface area (Å²) in [5.41, 5.74) is 9.86. The van der Waals surface area contributed by atoms with Gasteiger partial charge in [-0.25, -0.2) is 0 Å². The van der Waals surface area contributed by atoms with Gasteiger partial charge in [0.25, 0.3) is 0 Å². The van der Waals surface area contributed by atoms with Gasteiger partial charge in [0.15, 0.2) is 0 Å². The van der Waals surface area contributed by atoms with Gasteiger partial charge in [0.05, 0.1) is 5.69 Å². The number of para-hydroxylation sites is 1. The fourth-order valence-corrected chi connectivity index (χ4v) is 4.93. The monoisotopic (exact) mass is 467 g/mol. The molecule has 0 aliphatic carbocycles. The summed E-state index contributed by atoms with van der Waals surface area (Å²) >= 11 is 0. The van der Waals surface area contributed by atoms with Crippen LogP contribution in [-0.4, -0.2) is 4.98 Å². The highest BCUT2D eigenvalue weighted by molar-refractivity contribution is 6.10. The second kappa shape index (κ2) is 9.13. The molecule has 0 amide bonds. The molecule has 2 aromatic heterocycles. The Balaban J connectivity index is 1.40. The summed E-state index contributed by atoms with van der Waals surface area (Å²) in [6, 6.07) is 36.4. The third-order valence-corrected chi connectivity index (χ3v) is 7.41. The lowest BCUT2D eigenvalue weighted by Crippen LogP contribution is -2.02. The zero-order valence-electron chi connectivity index (χ0n) is 20.9. The van der Waals surface area contributed by atoms with Gasteiger partial charge in [0.2, 0.25) is 0 Å². The molecule has 0 aliphatic heterocycles. The van der Waals surface area contributed by atoms with Crippen molar-refractivity contribution in [3.8, 4) is 33.5 Å². The molecule has 1 atom stereocenters. The van der Waals surface area contributed by atoms with Gasteiger partial charge in [-0.3, -0.25) is 4.98 Å². The van der Waals surface area contributed by atoms with Crippen LogP contribution in [0.5, 0.6) is 0 Å². The fraction of sp³-hybridized carbons (Fsp3) is 0.147. The van der Waals surface area contributed by atoms with Crippen molar-refractivity contribution >= 4 is 21.9 Å². The molecule has 4 aromatic carbocycles. The molecule has 0 bridgehead atoms. The molecular weight excluding hydrogens is 438 g/mol. The van der Waals surface area contributed by atoms with Crippen molar-refractivity contribution in [1.29, 1.82) is 0 Å². The SMILES string of the molecule is CC(C)C(C)c1ccnc(-c2cccc3c2oc2cc(-c4ccc(-c5ccccc5)cc4)ccc23)c1. The lowest BCUT2D eigenvalue weighted by Gasteiger charge is -2.16. The maximum absolute atomic E-state index is 6.50. The van der Waals surface area contributed by atoms with E-state index in [-0.39, 0.29) is 0 Å². The van der Waals surface area contributed by atoms with Crippen molar-refractivity contribution in [3.05, 3.63) is 115 Å². The van der Waals surface area contributed by atoms with Gasteiger partial charge in [0.1, 0.15) is 11.2 Å². The number of fused-ring (bicyclic) bond motifs is 3. The van der Waals surface area contributed by atoms with Gasteiger partial charge >= 0.3 is 0 Å². The second-order valence-electron chi connectivity index (χ2n) is 9.95. The van der Waals surface area contributed by atoms with Crippen LogP contribution in [0.25, 0.3) is 55.4 Å². The minimum atomic E-state index is 0.470. The summed E-state index contributed by atoms with van der Waals surface area (Å²) in [6.45, 7) is 6.80. The van der Waals surface area contributed by atoms with Gasteiger partial charge in [0, 0.05) is 22.5 Å². The van der Waals surface area contributed by atoms with Crippen molar-refractivity contribution in [2.24, 2.45) is 5.92 Å². The van der Waals surface area contributed by atoms with Crippen LogP contribution in [0.1, 0.15) is 32.3 Å². The minimum Gasteiger partial charge on any atom is -0.455 e. The molecule has 0 aliphatic rings. The number of hydrogen-bond donors (Lipinski definition) is 0. The first-order chi connectivity index (χ1) is 17.6. The molecule has 2 heterocycles. The highest BCUT2D eigenvalue weighted by Gasteiger charge is 2.16. The van der Waals surface area contributed by atoms with Gasteiger partial charge in [-0.05, 0) is 70.0 Å². The van der Waals surface area contributed by atoms with Crippen LogP contribution in [0.2, 0.25) is 0 Å². The van der Waals surface area contributed by atoms with E-state index in [2.05, 4.69) is 118 Å². The van der Waals surface area contributed by atoms with Crippen molar-refractivity contribution < 1.29 is 4.42 Å². The predicted molar refractivity (Wildman–Crippen MR) is 151 cm³/mol. The quantitative estimate of drug-likeness (QED) is 0.252. The van der Waals surface area contributed by atoms with Crippen LogP contribution in [-0.2, 0) is 0 Å². The zero-order valence-corrected chi connectivity index (χ0v) is 20.9. The minimum absolute atomic E-state index is 0.470. The molecule has 36 heavy (non-hydrogen) atoms. The lowest BCUT2D eigenvalue weighted by molar-refractivity contribution is 0.535. The second-order valence-corrected chi connectivity index (χ2v) is 9.95. The molecular formula is C34H29NO. The van der Waals surface area contributed by atoms with Crippen LogP contribution < -0.4 is 0 Å². The molecule has 0 N–H and O–H groups in total. The number of nitrogens with zero attached hydrogens (tertiary/aromatic N) is 1. The van der Waals surface area contributed by atoms with Gasteiger partial charge < -0.3 is 4.42 Å². The normalized spacial score (nSPS) is 12.4. The van der Waals surface area contributed by atoms with E-state index in [1.807, 2.05) is 12.3 Å². The molecule has 0 radical (unpaired) electrons. The number of hydrogen-bond acceptors (Lipinski definition) is 2. The molecule has 2 heteroatoms. The Bertz CT molecular complexity index is 1660. The van der Waals surface area contributed by atoms with Crippen LogP contribution in [0.4, 0.5) is 0 Å². The first kappa shape index (κ1) is 22.3. The molecule has 6 aromatic rings. The Morgan fingerprint density at radius 3 is 2.06 bits per heavy atom. The van der Waals surface area contributed by atoms with Crippen molar-refractivity contribution in [1.82, 2.24) is 4.98 Å². The lowest BCUT2D eigenvalue weighted by atomic mass is 9.90. The molecule has 0 saturated heterocycles. The Hall–Kier alpha value is -4.17. The van der Waals surface area contributed by atoms with Crippen molar-refractivity contribution in [2.45, 2.75) is 26.7 Å². The van der Waals surface area contributed by atoms with E-state index < -0.39 is 0 Å². The van der Waals surface area contributed by atoms with Crippen LogP contribution in [0.15, 0.2) is 114 Å². The summed E-state index contributed by atoms with van der Waals surface area (Å²) in [5, 5.41) is 2.25. The average molecular weight is 468 g/mol. The third kappa shape index (κ3) is 3.99. The highest BCUT2D eigenvalue weighted by atomic mass is 16.3. The van der Waals surface area contributed by atoms with Crippen LogP contribution >= 0.6 is 0 Å². The standard InChI is InChI=1S/C34H29NO/c1-22(2)23(3)27-18-19-35-32(20-27)31-11-7-10-30-29-17-16-28(21-33(29)36-34(30)31)26-14-12-25(13-15-26)24-8-5-4-6-9-24/h4-23H,1-3H3. The average Bonchev–Trinajstić information content (AvgIpc) is 3.31. The van der Waals surface area contributed by atoms with Crippen molar-refractivity contribution in [3.63, 3.8) is 0 Å². The van der Waals surface area contributed by atoms with Crippen molar-refractivity contribution in [2.75, 3.05) is 0 Å². The smallest absolute Gasteiger partial charge is 0.144 e. The summed E-state index contributed by atoms with van der Waals surface area (Å²) in [4.78, 5) is 4.71. The topological polar surface area (TPSA) is 26.0 Å². The Morgan fingerprint density at radius 1 is 0.611 bits per heavy atom. The van der Waals surface area contributed by atoms with Gasteiger partial charge in [-0.2, -0.15) is 0 Å². The van der Waals surface area contributed by atoms with Crippen LogP contribution in [0, 0.1) is 5.92 Å². The van der Waals surface area contributed by atoms with E-state index in [0.29, 0.717) is 11.8 Å². The van der Waals surface area contributed by atoms with E-state index in [0.717, 1.165) is 38.8 Å². The summed E-state index contributed by atoms with van der Waals surface area (Å²) < 4.78 is 6.50. The molecule has 1 unspecified atom stereocenters. The first-order valence-corrected chi connectivity index (χ1v) is 12.7. The summed E-state index contributed by atoms with van der Waals surface area (Å²) in [7, 11) is 0. The van der Waals surface area contributed by atoms with E-state index in [4.69, 9.17) is 9.40 Å². The summed E-state index contributed by atoms with van der Waals surface area (Å²) in [5.74, 6) is 1.04. The Morgan fingerprint density at radius 2 is 1.31 bits per heavy atom. The van der Waals surface area contributed by atoms with E-state index in [1.165, 1.54) is 22.3 Å². The van der Waals surface area contributed by atoms with E-state index in [9.17, 15) is 0 Å². The van der Waals surface area contributed by atoms with Gasteiger partial charge in [-0.1, -0.05) is 93.6 Å². The largest absolute Gasteiger partial charge is 0.455 e. The Kier molecular flexibility index (Phi) is 5.65. The maximum atomic E-state index is 6.50. The maximum Gasteiger partial charge on any atom is 0.144 e. The van der Waals surface area contributed by atoms with E-state index >= 15 is 0 Å². The molecule has 176 valence electrons. The van der Waals surface area contributed by atoms with Gasteiger partial charge in [-0.15, -0.1) is 0 Å². The van der Waals surface area contributed by atoms with E-state index in [1.54, 1.807) is 0 Å². The summed E-state index contributed by atoms with van der Waals surface area (Å²) in [6.07, 6.45) is 1.92.